The van der Waals surface area contributed by atoms with E-state index in [1.165, 1.54) is 5.56 Å². The van der Waals surface area contributed by atoms with Crippen molar-refractivity contribution >= 4 is 17.7 Å². The summed E-state index contributed by atoms with van der Waals surface area (Å²) in [7, 11) is 0. The quantitative estimate of drug-likeness (QED) is 0.807. The molecular formula is C21H29N3O3. The van der Waals surface area contributed by atoms with Crippen LogP contribution in [0, 0.1) is 5.92 Å². The molecule has 0 radical (unpaired) electrons. The molecule has 1 aromatic rings. The van der Waals surface area contributed by atoms with Crippen LogP contribution in [0.15, 0.2) is 30.3 Å². The highest BCUT2D eigenvalue weighted by atomic mass is 16.2. The van der Waals surface area contributed by atoms with Crippen LogP contribution < -0.4 is 0 Å². The molecule has 146 valence electrons. The predicted octanol–water partition coefficient (Wildman–Crippen LogP) is 1.55. The van der Waals surface area contributed by atoms with Gasteiger partial charge >= 0.3 is 0 Å². The number of likely N-dealkylation sites (tertiary alicyclic amines) is 1. The van der Waals surface area contributed by atoms with Gasteiger partial charge in [0.15, 0.2) is 0 Å². The smallest absolute Gasteiger partial charge is 0.225 e. The first kappa shape index (κ1) is 19.4. The lowest BCUT2D eigenvalue weighted by Crippen LogP contribution is -2.53. The summed E-state index contributed by atoms with van der Waals surface area (Å²) in [5.74, 6) is 0.458. The van der Waals surface area contributed by atoms with E-state index in [2.05, 4.69) is 0 Å². The third kappa shape index (κ3) is 5.08. The largest absolute Gasteiger partial charge is 0.343 e. The van der Waals surface area contributed by atoms with Gasteiger partial charge in [0.2, 0.25) is 17.7 Å². The van der Waals surface area contributed by atoms with Gasteiger partial charge in [0.05, 0.1) is 0 Å². The molecule has 2 heterocycles. The average molecular weight is 371 g/mol. The molecule has 2 saturated heterocycles. The molecule has 0 bridgehead atoms. The van der Waals surface area contributed by atoms with Crippen LogP contribution in [0.1, 0.15) is 31.7 Å². The van der Waals surface area contributed by atoms with E-state index in [4.69, 9.17) is 0 Å². The predicted molar refractivity (Wildman–Crippen MR) is 103 cm³/mol. The third-order valence-electron chi connectivity index (χ3n) is 5.70. The van der Waals surface area contributed by atoms with Crippen molar-refractivity contribution in [3.05, 3.63) is 35.9 Å². The Labute approximate surface area is 161 Å². The molecule has 2 aliphatic rings. The second-order valence-corrected chi connectivity index (χ2v) is 7.47. The topological polar surface area (TPSA) is 60.9 Å². The van der Waals surface area contributed by atoms with Gasteiger partial charge in [0.25, 0.3) is 0 Å². The van der Waals surface area contributed by atoms with E-state index < -0.39 is 0 Å². The fraction of sp³-hybridized carbons (Fsp3) is 0.571. The lowest BCUT2D eigenvalue weighted by molar-refractivity contribution is -0.144. The highest BCUT2D eigenvalue weighted by Gasteiger charge is 2.31. The first-order valence-corrected chi connectivity index (χ1v) is 9.90. The van der Waals surface area contributed by atoms with Crippen molar-refractivity contribution in [2.24, 2.45) is 5.92 Å². The van der Waals surface area contributed by atoms with E-state index in [1.54, 1.807) is 6.92 Å². The Hall–Kier alpha value is -2.37. The zero-order chi connectivity index (χ0) is 19.2. The van der Waals surface area contributed by atoms with Crippen molar-refractivity contribution in [3.63, 3.8) is 0 Å². The van der Waals surface area contributed by atoms with Crippen molar-refractivity contribution in [1.29, 1.82) is 0 Å². The van der Waals surface area contributed by atoms with Gasteiger partial charge in [-0.15, -0.1) is 0 Å². The standard InChI is InChI=1S/C21H29N3O3/c1-17(25)22-11-9-19(10-12-22)21(27)24-15-13-23(14-16-24)20(26)8-7-18-5-3-2-4-6-18/h2-6,19H,7-16H2,1H3. The molecule has 27 heavy (non-hydrogen) atoms. The first-order chi connectivity index (χ1) is 13.0. The summed E-state index contributed by atoms with van der Waals surface area (Å²) in [6, 6.07) is 10.0. The minimum absolute atomic E-state index is 0.0148. The van der Waals surface area contributed by atoms with E-state index in [1.807, 2.05) is 45.0 Å². The Morgan fingerprint density at radius 3 is 2.04 bits per heavy atom. The second kappa shape index (κ2) is 9.02. The monoisotopic (exact) mass is 371 g/mol. The Morgan fingerprint density at radius 2 is 1.44 bits per heavy atom. The molecule has 2 fully saturated rings. The zero-order valence-electron chi connectivity index (χ0n) is 16.1. The minimum Gasteiger partial charge on any atom is -0.343 e. The summed E-state index contributed by atoms with van der Waals surface area (Å²) in [4.78, 5) is 42.2. The normalized spacial score (nSPS) is 18.5. The maximum atomic E-state index is 12.7. The summed E-state index contributed by atoms with van der Waals surface area (Å²) in [5.41, 5.74) is 1.18. The zero-order valence-corrected chi connectivity index (χ0v) is 16.1. The molecule has 3 rings (SSSR count). The summed E-state index contributed by atoms with van der Waals surface area (Å²) in [6.45, 7) is 5.38. The van der Waals surface area contributed by atoms with Gasteiger partial charge in [-0.3, -0.25) is 14.4 Å². The molecule has 6 heteroatoms. The lowest BCUT2D eigenvalue weighted by Gasteiger charge is -2.38. The van der Waals surface area contributed by atoms with Crippen molar-refractivity contribution in [3.8, 4) is 0 Å². The van der Waals surface area contributed by atoms with Gasteiger partial charge in [0.1, 0.15) is 0 Å². The number of nitrogens with zero attached hydrogens (tertiary/aromatic N) is 3. The Morgan fingerprint density at radius 1 is 0.852 bits per heavy atom. The lowest BCUT2D eigenvalue weighted by atomic mass is 9.95. The van der Waals surface area contributed by atoms with E-state index in [0.29, 0.717) is 45.7 Å². The van der Waals surface area contributed by atoms with Gasteiger partial charge in [-0.2, -0.15) is 0 Å². The van der Waals surface area contributed by atoms with Crippen molar-refractivity contribution in [2.75, 3.05) is 39.3 Å². The molecule has 0 spiro atoms. The van der Waals surface area contributed by atoms with Crippen molar-refractivity contribution in [2.45, 2.75) is 32.6 Å². The van der Waals surface area contributed by atoms with Crippen LogP contribution in [0.5, 0.6) is 0 Å². The van der Waals surface area contributed by atoms with Crippen molar-refractivity contribution in [1.82, 2.24) is 14.7 Å². The molecule has 6 nitrogen and oxygen atoms in total. The summed E-state index contributed by atoms with van der Waals surface area (Å²) >= 11 is 0. The van der Waals surface area contributed by atoms with Gasteiger partial charge in [-0.05, 0) is 24.8 Å². The third-order valence-corrected chi connectivity index (χ3v) is 5.70. The highest BCUT2D eigenvalue weighted by Crippen LogP contribution is 2.21. The Kier molecular flexibility index (Phi) is 6.48. The van der Waals surface area contributed by atoms with E-state index in [-0.39, 0.29) is 23.6 Å². The average Bonchev–Trinajstić information content (AvgIpc) is 2.72. The fourth-order valence-electron chi connectivity index (χ4n) is 3.93. The molecule has 0 unspecified atom stereocenters. The number of rotatable bonds is 4. The maximum Gasteiger partial charge on any atom is 0.225 e. The van der Waals surface area contributed by atoms with E-state index in [9.17, 15) is 14.4 Å². The number of carbonyl (C=O) groups is 3. The number of amides is 3. The van der Waals surface area contributed by atoms with Crippen molar-refractivity contribution < 1.29 is 14.4 Å². The number of hydrogen-bond acceptors (Lipinski definition) is 3. The number of aryl methyl sites for hydroxylation is 1. The second-order valence-electron chi connectivity index (χ2n) is 7.47. The first-order valence-electron chi connectivity index (χ1n) is 9.90. The van der Waals surface area contributed by atoms with Crippen LogP contribution in [0.2, 0.25) is 0 Å². The maximum absolute atomic E-state index is 12.7. The summed E-state index contributed by atoms with van der Waals surface area (Å²) in [5, 5.41) is 0. The summed E-state index contributed by atoms with van der Waals surface area (Å²) in [6.07, 6.45) is 2.76. The van der Waals surface area contributed by atoms with Crippen LogP contribution in [0.25, 0.3) is 0 Å². The molecule has 0 saturated carbocycles. The van der Waals surface area contributed by atoms with Crippen LogP contribution in [0.3, 0.4) is 0 Å². The number of hydrogen-bond donors (Lipinski definition) is 0. The van der Waals surface area contributed by atoms with Gasteiger partial charge in [0, 0.05) is 58.5 Å². The van der Waals surface area contributed by atoms with E-state index >= 15 is 0 Å². The Balaban J connectivity index is 1.41. The number of benzene rings is 1. The number of piperazine rings is 1. The molecular weight excluding hydrogens is 342 g/mol. The van der Waals surface area contributed by atoms with Gasteiger partial charge < -0.3 is 14.7 Å². The molecule has 3 amide bonds. The minimum atomic E-state index is 0.0148. The number of piperidine rings is 1. The van der Waals surface area contributed by atoms with E-state index in [0.717, 1.165) is 19.3 Å². The van der Waals surface area contributed by atoms with Crippen LogP contribution in [0.4, 0.5) is 0 Å². The summed E-state index contributed by atoms with van der Waals surface area (Å²) < 4.78 is 0. The Bertz CT molecular complexity index is 661. The molecule has 0 N–H and O–H groups in total. The highest BCUT2D eigenvalue weighted by molar-refractivity contribution is 5.81. The molecule has 0 atom stereocenters. The molecule has 2 aliphatic heterocycles. The van der Waals surface area contributed by atoms with Gasteiger partial charge in [-0.1, -0.05) is 30.3 Å². The molecule has 0 aliphatic carbocycles. The fourth-order valence-corrected chi connectivity index (χ4v) is 3.93. The van der Waals surface area contributed by atoms with Gasteiger partial charge in [-0.25, -0.2) is 0 Å². The van der Waals surface area contributed by atoms with Crippen LogP contribution in [-0.2, 0) is 20.8 Å². The SMILES string of the molecule is CC(=O)N1CCC(C(=O)N2CCN(C(=O)CCc3ccccc3)CC2)CC1. The number of carbonyl (C=O) groups excluding carboxylic acids is 3. The molecule has 1 aromatic carbocycles. The van der Waals surface area contributed by atoms with Crippen LogP contribution in [-0.4, -0.2) is 71.7 Å². The molecule has 0 aromatic heterocycles. The van der Waals surface area contributed by atoms with Crippen LogP contribution >= 0.6 is 0 Å².